The smallest absolute Gasteiger partial charge is 0.276 e. The molecule has 6 nitrogen and oxygen atoms in total. The number of rotatable bonds is 8. The van der Waals surface area contributed by atoms with Crippen molar-refractivity contribution in [2.75, 3.05) is 13.2 Å². The molecular formula is C22H28N2O4. The van der Waals surface area contributed by atoms with Gasteiger partial charge in [-0.2, -0.15) is 0 Å². The van der Waals surface area contributed by atoms with Crippen molar-refractivity contribution in [3.8, 4) is 11.5 Å². The minimum Gasteiger partial charge on any atom is -0.494 e. The number of carbonyl (C=O) groups is 2. The number of benzene rings is 2. The lowest BCUT2D eigenvalue weighted by atomic mass is 10.1. The van der Waals surface area contributed by atoms with Gasteiger partial charge in [0.15, 0.2) is 6.61 Å². The van der Waals surface area contributed by atoms with E-state index in [4.69, 9.17) is 9.47 Å². The molecule has 2 amide bonds. The molecule has 0 aromatic heterocycles. The summed E-state index contributed by atoms with van der Waals surface area (Å²) >= 11 is 0. The lowest BCUT2D eigenvalue weighted by Crippen LogP contribution is -2.43. The monoisotopic (exact) mass is 384 g/mol. The molecule has 28 heavy (non-hydrogen) atoms. The third kappa shape index (κ3) is 6.95. The Morgan fingerprint density at radius 2 is 1.57 bits per heavy atom. The van der Waals surface area contributed by atoms with Gasteiger partial charge in [0.05, 0.1) is 6.61 Å². The molecule has 0 bridgehead atoms. The molecule has 2 aromatic rings. The number of aryl methyl sites for hydroxylation is 2. The summed E-state index contributed by atoms with van der Waals surface area (Å²) < 4.78 is 11.1. The predicted molar refractivity (Wildman–Crippen MR) is 108 cm³/mol. The Balaban J connectivity index is 1.74. The largest absolute Gasteiger partial charge is 0.494 e. The average molecular weight is 384 g/mol. The summed E-state index contributed by atoms with van der Waals surface area (Å²) in [6.45, 7) is 8.70. The Bertz CT molecular complexity index is 801. The molecule has 0 unspecified atom stereocenters. The Hall–Kier alpha value is -3.02. The molecule has 0 saturated carbocycles. The van der Waals surface area contributed by atoms with Crippen LogP contribution in [0, 0.1) is 19.8 Å². The number of hydrogen-bond donors (Lipinski definition) is 2. The first-order valence-electron chi connectivity index (χ1n) is 9.37. The zero-order chi connectivity index (χ0) is 20.5. The fourth-order valence-electron chi connectivity index (χ4n) is 2.30. The average Bonchev–Trinajstić information content (AvgIpc) is 2.67. The molecule has 0 aliphatic heterocycles. The summed E-state index contributed by atoms with van der Waals surface area (Å²) in [5.41, 5.74) is 7.38. The Morgan fingerprint density at radius 1 is 0.893 bits per heavy atom. The maximum atomic E-state index is 12.1. The standard InChI is InChI=1S/C22H28N2O4/c1-15(2)11-12-27-19-9-6-18(7-10-19)22(26)24-23-21(25)14-28-20-8-5-16(3)17(4)13-20/h5-10,13,15H,11-12,14H2,1-4H3,(H,23,25)(H,24,26). The molecule has 0 heterocycles. The van der Waals surface area contributed by atoms with E-state index in [9.17, 15) is 9.59 Å². The number of amides is 2. The summed E-state index contributed by atoms with van der Waals surface area (Å²) in [4.78, 5) is 24.0. The zero-order valence-corrected chi connectivity index (χ0v) is 16.9. The predicted octanol–water partition coefficient (Wildman–Crippen LogP) is 3.57. The van der Waals surface area contributed by atoms with Crippen LogP contribution in [0.15, 0.2) is 42.5 Å². The molecule has 2 N–H and O–H groups in total. The van der Waals surface area contributed by atoms with Gasteiger partial charge in [-0.05, 0) is 73.7 Å². The van der Waals surface area contributed by atoms with Crippen LogP contribution in [0.1, 0.15) is 41.8 Å². The molecule has 2 rings (SSSR count). The second kappa shape index (κ2) is 10.3. The highest BCUT2D eigenvalue weighted by Crippen LogP contribution is 2.16. The maximum absolute atomic E-state index is 12.1. The van der Waals surface area contributed by atoms with Crippen molar-refractivity contribution in [3.63, 3.8) is 0 Å². The van der Waals surface area contributed by atoms with Crippen LogP contribution in [-0.2, 0) is 4.79 Å². The number of hydrogen-bond acceptors (Lipinski definition) is 4. The molecule has 0 saturated heterocycles. The molecule has 0 atom stereocenters. The molecule has 0 fully saturated rings. The lowest BCUT2D eigenvalue weighted by Gasteiger charge is -2.11. The van der Waals surface area contributed by atoms with E-state index in [1.165, 1.54) is 0 Å². The third-order valence-corrected chi connectivity index (χ3v) is 4.24. The van der Waals surface area contributed by atoms with Gasteiger partial charge in [0.1, 0.15) is 11.5 Å². The van der Waals surface area contributed by atoms with Gasteiger partial charge in [-0.1, -0.05) is 19.9 Å². The van der Waals surface area contributed by atoms with E-state index >= 15 is 0 Å². The van der Waals surface area contributed by atoms with Crippen LogP contribution in [0.25, 0.3) is 0 Å². The summed E-state index contributed by atoms with van der Waals surface area (Å²) in [5.74, 6) is 1.04. The first kappa shape index (κ1) is 21.3. The molecule has 2 aromatic carbocycles. The third-order valence-electron chi connectivity index (χ3n) is 4.24. The van der Waals surface area contributed by atoms with Crippen molar-refractivity contribution in [1.82, 2.24) is 10.9 Å². The van der Waals surface area contributed by atoms with Crippen molar-refractivity contribution in [2.24, 2.45) is 5.92 Å². The van der Waals surface area contributed by atoms with Crippen molar-refractivity contribution in [2.45, 2.75) is 34.1 Å². The first-order valence-corrected chi connectivity index (χ1v) is 9.37. The Kier molecular flexibility index (Phi) is 7.87. The number of hydrazine groups is 1. The highest BCUT2D eigenvalue weighted by molar-refractivity contribution is 5.95. The quantitative estimate of drug-likeness (QED) is 0.682. The van der Waals surface area contributed by atoms with Crippen molar-refractivity contribution < 1.29 is 19.1 Å². The number of nitrogens with one attached hydrogen (secondary N) is 2. The summed E-state index contributed by atoms with van der Waals surface area (Å²) in [6.07, 6.45) is 0.971. The molecule has 6 heteroatoms. The number of ether oxygens (including phenoxy) is 2. The summed E-state index contributed by atoms with van der Waals surface area (Å²) in [6, 6.07) is 12.4. The van der Waals surface area contributed by atoms with Crippen molar-refractivity contribution in [3.05, 3.63) is 59.2 Å². The molecule has 0 radical (unpaired) electrons. The molecule has 0 aliphatic carbocycles. The topological polar surface area (TPSA) is 76.7 Å². The van der Waals surface area contributed by atoms with Gasteiger partial charge in [0, 0.05) is 5.56 Å². The van der Waals surface area contributed by atoms with Gasteiger partial charge >= 0.3 is 0 Å². The number of carbonyl (C=O) groups excluding carboxylic acids is 2. The summed E-state index contributed by atoms with van der Waals surface area (Å²) in [5, 5.41) is 0. The van der Waals surface area contributed by atoms with Crippen LogP contribution in [0.5, 0.6) is 11.5 Å². The van der Waals surface area contributed by atoms with E-state index in [2.05, 4.69) is 24.7 Å². The zero-order valence-electron chi connectivity index (χ0n) is 16.9. The molecular weight excluding hydrogens is 356 g/mol. The van der Waals surface area contributed by atoms with Crippen LogP contribution in [0.4, 0.5) is 0 Å². The highest BCUT2D eigenvalue weighted by Gasteiger charge is 2.09. The minimum absolute atomic E-state index is 0.189. The fraction of sp³-hybridized carbons (Fsp3) is 0.364. The normalized spacial score (nSPS) is 10.5. The van der Waals surface area contributed by atoms with Gasteiger partial charge in [-0.15, -0.1) is 0 Å². The Labute approximate surface area is 166 Å². The lowest BCUT2D eigenvalue weighted by molar-refractivity contribution is -0.123. The second-order valence-corrected chi connectivity index (χ2v) is 7.09. The molecule has 0 spiro atoms. The minimum atomic E-state index is -0.444. The van der Waals surface area contributed by atoms with Crippen LogP contribution >= 0.6 is 0 Å². The fourth-order valence-corrected chi connectivity index (χ4v) is 2.30. The van der Waals surface area contributed by atoms with E-state index in [1.54, 1.807) is 30.3 Å². The highest BCUT2D eigenvalue weighted by atomic mass is 16.5. The molecule has 150 valence electrons. The van der Waals surface area contributed by atoms with Crippen molar-refractivity contribution >= 4 is 11.8 Å². The van der Waals surface area contributed by atoms with Crippen LogP contribution in [0.2, 0.25) is 0 Å². The van der Waals surface area contributed by atoms with Gasteiger partial charge in [0.25, 0.3) is 11.8 Å². The maximum Gasteiger partial charge on any atom is 0.276 e. The van der Waals surface area contributed by atoms with Crippen LogP contribution in [-0.4, -0.2) is 25.0 Å². The van der Waals surface area contributed by atoms with E-state index in [-0.39, 0.29) is 6.61 Å². The molecule has 0 aliphatic rings. The van der Waals surface area contributed by atoms with Gasteiger partial charge in [0.2, 0.25) is 0 Å². The van der Waals surface area contributed by atoms with Gasteiger partial charge in [-0.3, -0.25) is 20.4 Å². The summed E-state index contributed by atoms with van der Waals surface area (Å²) in [7, 11) is 0. The van der Waals surface area contributed by atoms with E-state index in [0.717, 1.165) is 17.5 Å². The van der Waals surface area contributed by atoms with Crippen molar-refractivity contribution in [1.29, 1.82) is 0 Å². The second-order valence-electron chi connectivity index (χ2n) is 7.09. The SMILES string of the molecule is Cc1ccc(OCC(=O)NNC(=O)c2ccc(OCCC(C)C)cc2)cc1C. The van der Waals surface area contributed by atoms with Gasteiger partial charge < -0.3 is 9.47 Å². The Morgan fingerprint density at radius 3 is 2.21 bits per heavy atom. The van der Waals surface area contributed by atoms with E-state index in [1.807, 2.05) is 26.0 Å². The first-order chi connectivity index (χ1) is 13.3. The van der Waals surface area contributed by atoms with Crippen LogP contribution < -0.4 is 20.3 Å². The van der Waals surface area contributed by atoms with E-state index < -0.39 is 11.8 Å². The van der Waals surface area contributed by atoms with Gasteiger partial charge in [-0.25, -0.2) is 0 Å². The van der Waals surface area contributed by atoms with Crippen LogP contribution in [0.3, 0.4) is 0 Å². The van der Waals surface area contributed by atoms with E-state index in [0.29, 0.717) is 29.6 Å².